The molecule has 56 valence electrons. The van der Waals surface area contributed by atoms with Crippen LogP contribution in [0.2, 0.25) is 0 Å². The Balaban J connectivity index is 2.46. The van der Waals surface area contributed by atoms with Crippen molar-refractivity contribution in [1.29, 1.82) is 0 Å². The van der Waals surface area contributed by atoms with Gasteiger partial charge in [-0.2, -0.15) is 0 Å². The molecule has 0 unspecified atom stereocenters. The molecule has 10 heavy (non-hydrogen) atoms. The molecule has 3 nitrogen and oxygen atoms in total. The fourth-order valence-electron chi connectivity index (χ4n) is 0.818. The highest BCUT2D eigenvalue weighted by Gasteiger charge is 2.17. The summed E-state index contributed by atoms with van der Waals surface area (Å²) in [5.74, 6) is -0.197. The van der Waals surface area contributed by atoms with Crippen molar-refractivity contribution in [3.05, 3.63) is 11.6 Å². The van der Waals surface area contributed by atoms with Gasteiger partial charge < -0.3 is 9.47 Å². The van der Waals surface area contributed by atoms with Crippen LogP contribution in [0.3, 0.4) is 0 Å². The maximum absolute atomic E-state index is 10.7. The van der Waals surface area contributed by atoms with Gasteiger partial charge in [-0.1, -0.05) is 0 Å². The van der Waals surface area contributed by atoms with Gasteiger partial charge in [0.25, 0.3) is 0 Å². The first-order valence-corrected chi connectivity index (χ1v) is 3.19. The van der Waals surface area contributed by atoms with Crippen molar-refractivity contribution in [1.82, 2.24) is 0 Å². The minimum atomic E-state index is -0.197. The lowest BCUT2D eigenvalue weighted by Crippen LogP contribution is -1.96. The van der Waals surface area contributed by atoms with Gasteiger partial charge in [0.15, 0.2) is 0 Å². The Morgan fingerprint density at radius 3 is 3.10 bits per heavy atom. The van der Waals surface area contributed by atoms with E-state index in [1.165, 1.54) is 0 Å². The summed E-state index contributed by atoms with van der Waals surface area (Å²) in [5, 5.41) is 0. The van der Waals surface area contributed by atoms with Gasteiger partial charge in [0.05, 0.1) is 13.2 Å². The third kappa shape index (κ3) is 1.57. The minimum absolute atomic E-state index is 0.197. The summed E-state index contributed by atoms with van der Waals surface area (Å²) in [6, 6.07) is 0. The summed E-state index contributed by atoms with van der Waals surface area (Å²) in [5.41, 5.74) is 0.738. The van der Waals surface area contributed by atoms with E-state index in [0.29, 0.717) is 13.2 Å². The van der Waals surface area contributed by atoms with E-state index in [-0.39, 0.29) is 5.97 Å². The Morgan fingerprint density at radius 1 is 1.80 bits per heavy atom. The SMILES string of the molecule is COC/C=C1/CCOC1=O. The summed E-state index contributed by atoms with van der Waals surface area (Å²) in [6.45, 7) is 1.01. The quantitative estimate of drug-likeness (QED) is 0.416. The zero-order valence-corrected chi connectivity index (χ0v) is 5.92. The van der Waals surface area contributed by atoms with Crippen molar-refractivity contribution >= 4 is 5.97 Å². The number of hydrogen-bond donors (Lipinski definition) is 0. The van der Waals surface area contributed by atoms with E-state index in [0.717, 1.165) is 12.0 Å². The molecule has 1 saturated heterocycles. The van der Waals surface area contributed by atoms with Crippen LogP contribution in [0.4, 0.5) is 0 Å². The van der Waals surface area contributed by atoms with Crippen LogP contribution in [0.15, 0.2) is 11.6 Å². The van der Waals surface area contributed by atoms with Crippen LogP contribution in [0.5, 0.6) is 0 Å². The predicted octanol–water partition coefficient (Wildman–Crippen LogP) is 0.506. The van der Waals surface area contributed by atoms with Crippen molar-refractivity contribution in [3.63, 3.8) is 0 Å². The molecule has 0 saturated carbocycles. The van der Waals surface area contributed by atoms with Crippen molar-refractivity contribution in [2.45, 2.75) is 6.42 Å². The number of methoxy groups -OCH3 is 1. The smallest absolute Gasteiger partial charge is 0.333 e. The molecule has 0 spiro atoms. The fourth-order valence-corrected chi connectivity index (χ4v) is 0.818. The third-order valence-electron chi connectivity index (χ3n) is 1.36. The van der Waals surface area contributed by atoms with Crippen LogP contribution in [-0.4, -0.2) is 26.3 Å². The molecule has 0 aliphatic carbocycles. The second-order valence-corrected chi connectivity index (χ2v) is 2.07. The molecule has 1 fully saturated rings. The Morgan fingerprint density at radius 2 is 2.60 bits per heavy atom. The first-order valence-electron chi connectivity index (χ1n) is 3.19. The van der Waals surface area contributed by atoms with Gasteiger partial charge >= 0.3 is 5.97 Å². The topological polar surface area (TPSA) is 35.5 Å². The summed E-state index contributed by atoms with van der Waals surface area (Å²) in [6.07, 6.45) is 2.48. The van der Waals surface area contributed by atoms with Crippen molar-refractivity contribution in [3.8, 4) is 0 Å². The number of carbonyl (C=O) groups is 1. The summed E-state index contributed by atoms with van der Waals surface area (Å²) in [4.78, 5) is 10.7. The van der Waals surface area contributed by atoms with Crippen molar-refractivity contribution in [2.24, 2.45) is 0 Å². The summed E-state index contributed by atoms with van der Waals surface area (Å²) < 4.78 is 9.47. The van der Waals surface area contributed by atoms with Gasteiger partial charge in [0, 0.05) is 19.1 Å². The van der Waals surface area contributed by atoms with E-state index in [9.17, 15) is 4.79 Å². The monoisotopic (exact) mass is 142 g/mol. The van der Waals surface area contributed by atoms with Gasteiger partial charge in [-0.3, -0.25) is 0 Å². The van der Waals surface area contributed by atoms with E-state index >= 15 is 0 Å². The Kier molecular flexibility index (Phi) is 2.45. The Labute approximate surface area is 59.6 Å². The maximum Gasteiger partial charge on any atom is 0.333 e. The molecular weight excluding hydrogens is 132 g/mol. The standard InChI is InChI=1S/C7H10O3/c1-9-4-2-6-3-5-10-7(6)8/h2H,3-5H2,1H3/b6-2-. The van der Waals surface area contributed by atoms with E-state index < -0.39 is 0 Å². The van der Waals surface area contributed by atoms with E-state index in [1.807, 2.05) is 0 Å². The van der Waals surface area contributed by atoms with Crippen LogP contribution in [-0.2, 0) is 14.3 Å². The van der Waals surface area contributed by atoms with E-state index in [2.05, 4.69) is 0 Å². The van der Waals surface area contributed by atoms with Gasteiger partial charge in [-0.05, 0) is 6.08 Å². The van der Waals surface area contributed by atoms with Crippen molar-refractivity contribution in [2.75, 3.05) is 20.3 Å². The molecule has 0 atom stereocenters. The van der Waals surface area contributed by atoms with E-state index in [4.69, 9.17) is 9.47 Å². The molecule has 1 rings (SSSR count). The van der Waals surface area contributed by atoms with Gasteiger partial charge in [0.2, 0.25) is 0 Å². The maximum atomic E-state index is 10.7. The van der Waals surface area contributed by atoms with Crippen molar-refractivity contribution < 1.29 is 14.3 Å². The van der Waals surface area contributed by atoms with Gasteiger partial charge in [-0.15, -0.1) is 0 Å². The molecule has 0 bridgehead atoms. The predicted molar refractivity (Wildman–Crippen MR) is 35.5 cm³/mol. The summed E-state index contributed by atoms with van der Waals surface area (Å²) in [7, 11) is 1.59. The first-order chi connectivity index (χ1) is 4.84. The number of hydrogen-bond acceptors (Lipinski definition) is 3. The molecular formula is C7H10O3. The van der Waals surface area contributed by atoms with Gasteiger partial charge in [0.1, 0.15) is 0 Å². The largest absolute Gasteiger partial charge is 0.462 e. The molecule has 0 aromatic carbocycles. The average Bonchev–Trinajstić information content (AvgIpc) is 2.31. The van der Waals surface area contributed by atoms with Crippen LogP contribution in [0.25, 0.3) is 0 Å². The van der Waals surface area contributed by atoms with Crippen LogP contribution in [0, 0.1) is 0 Å². The van der Waals surface area contributed by atoms with Crippen LogP contribution >= 0.6 is 0 Å². The number of esters is 1. The normalized spacial score (nSPS) is 21.7. The molecule has 0 N–H and O–H groups in total. The number of carbonyl (C=O) groups excluding carboxylic acids is 1. The highest BCUT2D eigenvalue weighted by molar-refractivity contribution is 5.90. The zero-order valence-electron chi connectivity index (χ0n) is 5.92. The van der Waals surface area contributed by atoms with Crippen LogP contribution in [0.1, 0.15) is 6.42 Å². The molecule has 0 aromatic rings. The molecule has 1 aliphatic rings. The second-order valence-electron chi connectivity index (χ2n) is 2.07. The third-order valence-corrected chi connectivity index (χ3v) is 1.36. The Bertz CT molecular complexity index is 160. The van der Waals surface area contributed by atoms with E-state index in [1.54, 1.807) is 13.2 Å². The van der Waals surface area contributed by atoms with Crippen LogP contribution < -0.4 is 0 Å². The first kappa shape index (κ1) is 7.28. The lowest BCUT2D eigenvalue weighted by atomic mass is 10.2. The molecule has 1 heterocycles. The summed E-state index contributed by atoms with van der Waals surface area (Å²) >= 11 is 0. The molecule has 0 aromatic heterocycles. The molecule has 1 aliphatic heterocycles. The second kappa shape index (κ2) is 3.37. The highest BCUT2D eigenvalue weighted by atomic mass is 16.5. The molecule has 0 radical (unpaired) electrons. The fraction of sp³-hybridized carbons (Fsp3) is 0.571. The lowest BCUT2D eigenvalue weighted by molar-refractivity contribution is -0.135. The number of rotatable bonds is 2. The molecule has 0 amide bonds. The number of ether oxygens (including phenoxy) is 2. The minimum Gasteiger partial charge on any atom is -0.462 e. The zero-order chi connectivity index (χ0) is 7.40. The van der Waals surface area contributed by atoms with Gasteiger partial charge in [-0.25, -0.2) is 4.79 Å². The average molecular weight is 142 g/mol. The highest BCUT2D eigenvalue weighted by Crippen LogP contribution is 2.11. The Hall–Kier alpha value is -0.830. The number of cyclic esters (lactones) is 1. The molecule has 3 heteroatoms. The lowest BCUT2D eigenvalue weighted by Gasteiger charge is -1.90.